The van der Waals surface area contributed by atoms with Gasteiger partial charge >= 0.3 is 0 Å². The molecule has 0 bridgehead atoms. The van der Waals surface area contributed by atoms with Crippen molar-refractivity contribution in [1.29, 1.82) is 0 Å². The Bertz CT molecular complexity index is 575. The van der Waals surface area contributed by atoms with Gasteiger partial charge in [-0.05, 0) is 30.5 Å². The standard InChI is InChI=1S/C13H14N2O2S/c1-2-15(9-10-5-4-8-18-10)13(17)11-6-3-7-14-12(11)16/h3-8H,2,9H2,1H3,(H,14,16). The summed E-state index contributed by atoms with van der Waals surface area (Å²) in [4.78, 5) is 29.1. The van der Waals surface area contributed by atoms with Gasteiger partial charge in [0.1, 0.15) is 5.56 Å². The summed E-state index contributed by atoms with van der Waals surface area (Å²) in [6.07, 6.45) is 1.52. The molecule has 1 amide bonds. The van der Waals surface area contributed by atoms with Crippen molar-refractivity contribution in [1.82, 2.24) is 9.88 Å². The van der Waals surface area contributed by atoms with Gasteiger partial charge < -0.3 is 9.88 Å². The van der Waals surface area contributed by atoms with E-state index in [9.17, 15) is 9.59 Å². The normalized spacial score (nSPS) is 10.3. The molecule has 0 aliphatic rings. The molecule has 2 aromatic heterocycles. The third kappa shape index (κ3) is 2.68. The van der Waals surface area contributed by atoms with Crippen molar-refractivity contribution in [2.75, 3.05) is 6.54 Å². The van der Waals surface area contributed by atoms with Crippen molar-refractivity contribution >= 4 is 17.2 Å². The van der Waals surface area contributed by atoms with Crippen LogP contribution >= 0.6 is 11.3 Å². The minimum Gasteiger partial charge on any atom is -0.334 e. The summed E-state index contributed by atoms with van der Waals surface area (Å²) in [5, 5.41) is 1.98. The van der Waals surface area contributed by atoms with E-state index in [-0.39, 0.29) is 17.0 Å². The molecule has 94 valence electrons. The van der Waals surface area contributed by atoms with Crippen LogP contribution in [-0.2, 0) is 6.54 Å². The maximum Gasteiger partial charge on any atom is 0.260 e. The lowest BCUT2D eigenvalue weighted by atomic mass is 10.2. The highest BCUT2D eigenvalue weighted by atomic mass is 32.1. The van der Waals surface area contributed by atoms with Gasteiger partial charge in [0.25, 0.3) is 11.5 Å². The van der Waals surface area contributed by atoms with Gasteiger partial charge in [0.2, 0.25) is 0 Å². The van der Waals surface area contributed by atoms with Gasteiger partial charge in [-0.1, -0.05) is 6.07 Å². The van der Waals surface area contributed by atoms with Crippen LogP contribution in [0.5, 0.6) is 0 Å². The van der Waals surface area contributed by atoms with Gasteiger partial charge in [-0.15, -0.1) is 11.3 Å². The van der Waals surface area contributed by atoms with E-state index in [2.05, 4.69) is 4.98 Å². The Kier molecular flexibility index (Phi) is 3.94. The minimum absolute atomic E-state index is 0.191. The first-order valence-electron chi connectivity index (χ1n) is 5.71. The lowest BCUT2D eigenvalue weighted by Gasteiger charge is -2.19. The maximum atomic E-state index is 12.2. The fourth-order valence-corrected chi connectivity index (χ4v) is 2.40. The number of amides is 1. The van der Waals surface area contributed by atoms with E-state index < -0.39 is 0 Å². The molecule has 0 atom stereocenters. The third-order valence-electron chi connectivity index (χ3n) is 2.64. The first-order valence-corrected chi connectivity index (χ1v) is 6.59. The fraction of sp³-hybridized carbons (Fsp3) is 0.231. The molecule has 2 heterocycles. The zero-order valence-electron chi connectivity index (χ0n) is 10.1. The Balaban J connectivity index is 2.21. The van der Waals surface area contributed by atoms with E-state index in [1.807, 2.05) is 24.4 Å². The summed E-state index contributed by atoms with van der Waals surface area (Å²) in [6.45, 7) is 3.02. The largest absolute Gasteiger partial charge is 0.334 e. The molecule has 18 heavy (non-hydrogen) atoms. The number of aromatic amines is 1. The Morgan fingerprint density at radius 2 is 2.22 bits per heavy atom. The molecule has 2 rings (SSSR count). The number of nitrogens with one attached hydrogen (secondary N) is 1. The van der Waals surface area contributed by atoms with E-state index in [1.165, 1.54) is 6.20 Å². The number of rotatable bonds is 4. The van der Waals surface area contributed by atoms with Gasteiger partial charge in [0.15, 0.2) is 0 Å². The van der Waals surface area contributed by atoms with Crippen molar-refractivity contribution in [2.24, 2.45) is 0 Å². The molecular weight excluding hydrogens is 248 g/mol. The average molecular weight is 262 g/mol. The summed E-state index contributed by atoms with van der Waals surface area (Å²) in [5.41, 5.74) is -0.150. The predicted octanol–water partition coefficient (Wildman–Crippen LogP) is 2.10. The summed E-state index contributed by atoms with van der Waals surface area (Å²) in [6, 6.07) is 7.15. The monoisotopic (exact) mass is 262 g/mol. The number of nitrogens with zero attached hydrogens (tertiary/aromatic N) is 1. The summed E-state index contributed by atoms with van der Waals surface area (Å²) >= 11 is 1.60. The van der Waals surface area contributed by atoms with Crippen LogP contribution in [0.15, 0.2) is 40.6 Å². The second-order valence-electron chi connectivity index (χ2n) is 3.81. The molecule has 5 heteroatoms. The van der Waals surface area contributed by atoms with Crippen molar-refractivity contribution in [2.45, 2.75) is 13.5 Å². The number of thiophene rings is 1. The number of pyridine rings is 1. The van der Waals surface area contributed by atoms with Gasteiger partial charge in [0, 0.05) is 17.6 Å². The van der Waals surface area contributed by atoms with Crippen molar-refractivity contribution in [3.05, 3.63) is 56.6 Å². The van der Waals surface area contributed by atoms with Gasteiger partial charge in [0.05, 0.1) is 6.54 Å². The lowest BCUT2D eigenvalue weighted by molar-refractivity contribution is 0.0752. The van der Waals surface area contributed by atoms with Crippen LogP contribution in [0, 0.1) is 0 Å². The Morgan fingerprint density at radius 1 is 1.39 bits per heavy atom. The molecule has 0 unspecified atom stereocenters. The summed E-state index contributed by atoms with van der Waals surface area (Å²) in [5.74, 6) is -0.229. The van der Waals surface area contributed by atoms with Gasteiger partial charge in [-0.2, -0.15) is 0 Å². The molecule has 1 N–H and O–H groups in total. The molecule has 2 aromatic rings. The lowest BCUT2D eigenvalue weighted by Crippen LogP contribution is -2.33. The van der Waals surface area contributed by atoms with Crippen LogP contribution in [0.2, 0.25) is 0 Å². The molecular formula is C13H14N2O2S. The number of carbonyl (C=O) groups is 1. The predicted molar refractivity (Wildman–Crippen MR) is 71.8 cm³/mol. The van der Waals surface area contributed by atoms with E-state index in [1.54, 1.807) is 28.4 Å². The first-order chi connectivity index (χ1) is 8.72. The second-order valence-corrected chi connectivity index (χ2v) is 4.84. The highest BCUT2D eigenvalue weighted by Crippen LogP contribution is 2.13. The molecule has 0 aromatic carbocycles. The van der Waals surface area contributed by atoms with E-state index in [4.69, 9.17) is 0 Å². The van der Waals surface area contributed by atoms with Crippen molar-refractivity contribution < 1.29 is 4.79 Å². The zero-order valence-corrected chi connectivity index (χ0v) is 10.9. The van der Waals surface area contributed by atoms with Crippen LogP contribution < -0.4 is 5.56 Å². The fourth-order valence-electron chi connectivity index (χ4n) is 1.68. The zero-order chi connectivity index (χ0) is 13.0. The number of H-pyrrole nitrogens is 1. The number of hydrogen-bond donors (Lipinski definition) is 1. The van der Waals surface area contributed by atoms with E-state index in [0.717, 1.165) is 4.88 Å². The summed E-state index contributed by atoms with van der Waals surface area (Å²) in [7, 11) is 0. The van der Waals surface area contributed by atoms with Gasteiger partial charge in [-0.3, -0.25) is 9.59 Å². The van der Waals surface area contributed by atoms with Crippen molar-refractivity contribution in [3.8, 4) is 0 Å². The number of carbonyl (C=O) groups excluding carboxylic acids is 1. The SMILES string of the molecule is CCN(Cc1cccs1)C(=O)c1ccc[nH]c1=O. The average Bonchev–Trinajstić information content (AvgIpc) is 2.88. The minimum atomic E-state index is -0.341. The van der Waals surface area contributed by atoms with Crippen LogP contribution in [0.1, 0.15) is 22.2 Å². The molecule has 0 radical (unpaired) electrons. The van der Waals surface area contributed by atoms with Crippen LogP contribution in [0.25, 0.3) is 0 Å². The molecule has 0 saturated carbocycles. The smallest absolute Gasteiger partial charge is 0.260 e. The maximum absolute atomic E-state index is 12.2. The molecule has 0 spiro atoms. The van der Waals surface area contributed by atoms with Crippen molar-refractivity contribution in [3.63, 3.8) is 0 Å². The summed E-state index contributed by atoms with van der Waals surface area (Å²) < 4.78 is 0. The molecule has 0 aliphatic carbocycles. The number of hydrogen-bond acceptors (Lipinski definition) is 3. The van der Waals surface area contributed by atoms with Crippen LogP contribution in [-0.4, -0.2) is 22.3 Å². The Morgan fingerprint density at radius 3 is 2.83 bits per heavy atom. The number of aromatic nitrogens is 1. The van der Waals surface area contributed by atoms with E-state index >= 15 is 0 Å². The molecule has 4 nitrogen and oxygen atoms in total. The van der Waals surface area contributed by atoms with Crippen LogP contribution in [0.3, 0.4) is 0 Å². The molecule has 0 fully saturated rings. The van der Waals surface area contributed by atoms with Crippen LogP contribution in [0.4, 0.5) is 0 Å². The second kappa shape index (κ2) is 5.64. The highest BCUT2D eigenvalue weighted by molar-refractivity contribution is 7.09. The third-order valence-corrected chi connectivity index (χ3v) is 3.51. The molecule has 0 aliphatic heterocycles. The first kappa shape index (κ1) is 12.6. The van der Waals surface area contributed by atoms with E-state index in [0.29, 0.717) is 13.1 Å². The Hall–Kier alpha value is -1.88. The Labute approximate surface area is 109 Å². The van der Waals surface area contributed by atoms with Gasteiger partial charge in [-0.25, -0.2) is 0 Å². The quantitative estimate of drug-likeness (QED) is 0.917. The topological polar surface area (TPSA) is 53.2 Å². The highest BCUT2D eigenvalue weighted by Gasteiger charge is 2.17. The molecule has 0 saturated heterocycles.